The minimum atomic E-state index is -0.105. The lowest BCUT2D eigenvalue weighted by Gasteiger charge is -2.31. The van der Waals surface area contributed by atoms with E-state index >= 15 is 0 Å². The molecular weight excluding hydrogens is 229 g/mol. The first-order valence-corrected chi connectivity index (χ1v) is 6.81. The maximum Gasteiger partial charge on any atom is 0.126 e. The van der Waals surface area contributed by atoms with Gasteiger partial charge in [0.1, 0.15) is 5.82 Å². The second kappa shape index (κ2) is 6.86. The zero-order chi connectivity index (χ0) is 12.8. The van der Waals surface area contributed by atoms with E-state index in [4.69, 9.17) is 4.74 Å². The van der Waals surface area contributed by atoms with Gasteiger partial charge in [0, 0.05) is 13.2 Å². The Hall–Kier alpha value is -0.930. The molecule has 1 aliphatic rings. The van der Waals surface area contributed by atoms with Gasteiger partial charge in [0.05, 0.1) is 6.10 Å². The Morgan fingerprint density at radius 1 is 1.28 bits per heavy atom. The van der Waals surface area contributed by atoms with E-state index in [1.807, 2.05) is 12.1 Å². The Morgan fingerprint density at radius 2 is 2.06 bits per heavy atom. The van der Waals surface area contributed by atoms with E-state index < -0.39 is 0 Å². The lowest BCUT2D eigenvalue weighted by Crippen LogP contribution is -2.43. The molecule has 1 fully saturated rings. The van der Waals surface area contributed by atoms with Crippen LogP contribution in [0.5, 0.6) is 0 Å². The number of ether oxygens (including phenoxy) is 1. The SMILES string of the molecule is CO[C@H]1CCCC[C@@H]1NCCc1ccccc1F. The highest BCUT2D eigenvalue weighted by Gasteiger charge is 2.23. The van der Waals surface area contributed by atoms with Crippen molar-refractivity contribution in [2.45, 2.75) is 44.2 Å². The summed E-state index contributed by atoms with van der Waals surface area (Å²) in [5, 5.41) is 3.51. The molecule has 0 spiro atoms. The first kappa shape index (κ1) is 13.5. The van der Waals surface area contributed by atoms with E-state index in [0.717, 1.165) is 31.4 Å². The van der Waals surface area contributed by atoms with Gasteiger partial charge in [-0.2, -0.15) is 0 Å². The van der Waals surface area contributed by atoms with Gasteiger partial charge in [-0.05, 0) is 37.4 Å². The van der Waals surface area contributed by atoms with Crippen LogP contribution >= 0.6 is 0 Å². The second-order valence-electron chi connectivity index (χ2n) is 4.96. The summed E-state index contributed by atoms with van der Waals surface area (Å²) in [6.45, 7) is 0.811. The minimum Gasteiger partial charge on any atom is -0.380 e. The van der Waals surface area contributed by atoms with Gasteiger partial charge >= 0.3 is 0 Å². The van der Waals surface area contributed by atoms with Crippen LogP contribution < -0.4 is 5.32 Å². The number of rotatable bonds is 5. The van der Waals surface area contributed by atoms with Crippen LogP contribution in [0, 0.1) is 5.82 Å². The van der Waals surface area contributed by atoms with Gasteiger partial charge < -0.3 is 10.1 Å². The summed E-state index contributed by atoms with van der Waals surface area (Å²) in [6, 6.07) is 7.42. The molecule has 3 heteroatoms. The molecule has 1 aromatic rings. The van der Waals surface area contributed by atoms with Crippen LogP contribution in [-0.2, 0) is 11.2 Å². The highest BCUT2D eigenvalue weighted by molar-refractivity contribution is 5.17. The van der Waals surface area contributed by atoms with E-state index in [2.05, 4.69) is 5.32 Å². The largest absolute Gasteiger partial charge is 0.380 e. The quantitative estimate of drug-likeness (QED) is 0.868. The first-order chi connectivity index (χ1) is 8.81. The molecule has 0 heterocycles. The fourth-order valence-electron chi connectivity index (χ4n) is 2.71. The Labute approximate surface area is 109 Å². The van der Waals surface area contributed by atoms with Crippen molar-refractivity contribution in [3.63, 3.8) is 0 Å². The van der Waals surface area contributed by atoms with Crippen molar-refractivity contribution >= 4 is 0 Å². The third-order valence-corrected chi connectivity index (χ3v) is 3.76. The van der Waals surface area contributed by atoms with Gasteiger partial charge in [0.2, 0.25) is 0 Å². The summed E-state index contributed by atoms with van der Waals surface area (Å²) in [5.41, 5.74) is 0.787. The molecule has 0 aliphatic heterocycles. The monoisotopic (exact) mass is 251 g/mol. The molecule has 1 aliphatic carbocycles. The normalized spacial score (nSPS) is 24.1. The smallest absolute Gasteiger partial charge is 0.126 e. The molecule has 2 rings (SSSR count). The molecule has 0 saturated heterocycles. The first-order valence-electron chi connectivity index (χ1n) is 6.81. The summed E-state index contributed by atoms with van der Waals surface area (Å²) < 4.78 is 18.9. The number of nitrogens with one attached hydrogen (secondary N) is 1. The molecule has 1 N–H and O–H groups in total. The Bertz CT molecular complexity index is 369. The molecule has 100 valence electrons. The Kier molecular flexibility index (Phi) is 5.14. The van der Waals surface area contributed by atoms with Crippen molar-refractivity contribution < 1.29 is 9.13 Å². The van der Waals surface area contributed by atoms with Crippen molar-refractivity contribution in [3.8, 4) is 0 Å². The van der Waals surface area contributed by atoms with E-state index in [1.54, 1.807) is 13.2 Å². The van der Waals surface area contributed by atoms with Gasteiger partial charge in [0.25, 0.3) is 0 Å². The predicted molar refractivity (Wildman–Crippen MR) is 71.2 cm³/mol. The number of hydrogen-bond acceptors (Lipinski definition) is 2. The molecule has 0 radical (unpaired) electrons. The number of hydrogen-bond donors (Lipinski definition) is 1. The van der Waals surface area contributed by atoms with E-state index in [1.165, 1.54) is 18.9 Å². The fraction of sp³-hybridized carbons (Fsp3) is 0.600. The summed E-state index contributed by atoms with van der Waals surface area (Å²) >= 11 is 0. The standard InChI is InChI=1S/C15H22FNO/c1-18-15-9-5-4-8-14(15)17-11-10-12-6-2-3-7-13(12)16/h2-3,6-7,14-15,17H,4-5,8-11H2,1H3/t14-,15-/m0/s1. The summed E-state index contributed by atoms with van der Waals surface area (Å²) in [5.74, 6) is -0.105. The minimum absolute atomic E-state index is 0.105. The van der Waals surface area contributed by atoms with Crippen molar-refractivity contribution in [1.82, 2.24) is 5.32 Å². The predicted octanol–water partition coefficient (Wildman–Crippen LogP) is 2.92. The van der Waals surface area contributed by atoms with Crippen molar-refractivity contribution in [2.75, 3.05) is 13.7 Å². The molecule has 2 atom stereocenters. The number of halogens is 1. The van der Waals surface area contributed by atoms with Crippen molar-refractivity contribution in [2.24, 2.45) is 0 Å². The highest BCUT2D eigenvalue weighted by atomic mass is 19.1. The number of benzene rings is 1. The van der Waals surface area contributed by atoms with E-state index in [0.29, 0.717) is 12.1 Å². The van der Waals surface area contributed by atoms with Crippen LogP contribution in [0.1, 0.15) is 31.2 Å². The lowest BCUT2D eigenvalue weighted by molar-refractivity contribution is 0.0421. The molecule has 1 saturated carbocycles. The Balaban J connectivity index is 1.79. The van der Waals surface area contributed by atoms with Gasteiger partial charge in [-0.3, -0.25) is 0 Å². The van der Waals surface area contributed by atoms with Crippen molar-refractivity contribution in [3.05, 3.63) is 35.6 Å². The summed E-state index contributed by atoms with van der Waals surface area (Å²) in [7, 11) is 1.78. The zero-order valence-corrected chi connectivity index (χ0v) is 11.0. The van der Waals surface area contributed by atoms with Gasteiger partial charge in [-0.25, -0.2) is 4.39 Å². The van der Waals surface area contributed by atoms with Gasteiger partial charge in [0.15, 0.2) is 0 Å². The average molecular weight is 251 g/mol. The van der Waals surface area contributed by atoms with Crippen LogP contribution in [0.25, 0.3) is 0 Å². The topological polar surface area (TPSA) is 21.3 Å². The summed E-state index contributed by atoms with van der Waals surface area (Å²) in [4.78, 5) is 0. The molecule has 0 aromatic heterocycles. The maximum atomic E-state index is 13.4. The molecule has 1 aromatic carbocycles. The molecule has 0 unspecified atom stereocenters. The maximum absolute atomic E-state index is 13.4. The lowest BCUT2D eigenvalue weighted by atomic mass is 9.92. The molecule has 0 amide bonds. The number of methoxy groups -OCH3 is 1. The molecular formula is C15H22FNO. The van der Waals surface area contributed by atoms with Crippen LogP contribution in [0.2, 0.25) is 0 Å². The molecule has 2 nitrogen and oxygen atoms in total. The van der Waals surface area contributed by atoms with E-state index in [9.17, 15) is 4.39 Å². The van der Waals surface area contributed by atoms with E-state index in [-0.39, 0.29) is 5.82 Å². The Morgan fingerprint density at radius 3 is 2.83 bits per heavy atom. The summed E-state index contributed by atoms with van der Waals surface area (Å²) in [6.07, 6.45) is 5.86. The zero-order valence-electron chi connectivity index (χ0n) is 11.0. The average Bonchev–Trinajstić information content (AvgIpc) is 2.41. The second-order valence-corrected chi connectivity index (χ2v) is 4.96. The van der Waals surface area contributed by atoms with Crippen LogP contribution in [0.15, 0.2) is 24.3 Å². The third-order valence-electron chi connectivity index (χ3n) is 3.76. The van der Waals surface area contributed by atoms with Crippen LogP contribution in [-0.4, -0.2) is 25.8 Å². The fourth-order valence-corrected chi connectivity index (χ4v) is 2.71. The molecule has 0 bridgehead atoms. The molecule has 18 heavy (non-hydrogen) atoms. The van der Waals surface area contributed by atoms with Gasteiger partial charge in [-0.15, -0.1) is 0 Å². The van der Waals surface area contributed by atoms with Gasteiger partial charge in [-0.1, -0.05) is 31.0 Å². The van der Waals surface area contributed by atoms with Crippen molar-refractivity contribution in [1.29, 1.82) is 0 Å². The van der Waals surface area contributed by atoms with Crippen LogP contribution in [0.4, 0.5) is 4.39 Å². The third kappa shape index (κ3) is 3.53. The van der Waals surface area contributed by atoms with Crippen LogP contribution in [0.3, 0.4) is 0 Å². The highest BCUT2D eigenvalue weighted by Crippen LogP contribution is 2.20.